The Balaban J connectivity index is 1.08. The summed E-state index contributed by atoms with van der Waals surface area (Å²) in [6.07, 6.45) is 0. The van der Waals surface area contributed by atoms with Gasteiger partial charge in [-0.1, -0.05) is 111 Å². The summed E-state index contributed by atoms with van der Waals surface area (Å²) in [5.41, 5.74) is 13.6. The molecule has 0 fully saturated rings. The van der Waals surface area contributed by atoms with Crippen LogP contribution in [-0.2, 0) is 5.41 Å². The maximum atomic E-state index is 6.11. The van der Waals surface area contributed by atoms with E-state index < -0.39 is 0 Å². The van der Waals surface area contributed by atoms with E-state index in [-0.39, 0.29) is 5.41 Å². The van der Waals surface area contributed by atoms with Gasteiger partial charge < -0.3 is 9.32 Å². The van der Waals surface area contributed by atoms with Gasteiger partial charge in [0.2, 0.25) is 5.89 Å². The van der Waals surface area contributed by atoms with Crippen molar-refractivity contribution in [3.63, 3.8) is 0 Å². The molecule has 1 aliphatic carbocycles. The van der Waals surface area contributed by atoms with Crippen LogP contribution in [0.5, 0.6) is 0 Å². The molecule has 10 rings (SSSR count). The minimum Gasteiger partial charge on any atom is -0.436 e. The molecule has 0 unspecified atom stereocenters. The third-order valence-electron chi connectivity index (χ3n) is 10.7. The Labute approximate surface area is 297 Å². The molecule has 51 heavy (non-hydrogen) atoms. The highest BCUT2D eigenvalue weighted by atomic mass is 16.3. The number of benzene rings is 8. The summed E-state index contributed by atoms with van der Waals surface area (Å²) in [7, 11) is 0. The van der Waals surface area contributed by atoms with E-state index in [1.807, 2.05) is 24.3 Å². The van der Waals surface area contributed by atoms with Gasteiger partial charge in [0.05, 0.1) is 0 Å². The number of hydrogen-bond acceptors (Lipinski definition) is 3. The SMILES string of the molecule is CC1(C)c2ccccc2-c2ccc(N(c3ccc(-c4nc5ccccc5o4)cc3)c3ccc4cc(-c5ccc6ccccc6c5)ccc4c3)cc21. The maximum absolute atomic E-state index is 6.11. The van der Waals surface area contributed by atoms with Crippen molar-refractivity contribution in [2.75, 3.05) is 4.90 Å². The molecule has 0 amide bonds. The average molecular weight is 655 g/mol. The zero-order valence-electron chi connectivity index (χ0n) is 28.5. The van der Waals surface area contributed by atoms with Crippen molar-refractivity contribution in [2.45, 2.75) is 19.3 Å². The molecule has 9 aromatic rings. The van der Waals surface area contributed by atoms with Crippen LogP contribution in [0.3, 0.4) is 0 Å². The summed E-state index contributed by atoms with van der Waals surface area (Å²) < 4.78 is 6.11. The first-order chi connectivity index (χ1) is 25.0. The zero-order valence-corrected chi connectivity index (χ0v) is 28.5. The van der Waals surface area contributed by atoms with Gasteiger partial charge in [-0.15, -0.1) is 0 Å². The van der Waals surface area contributed by atoms with Gasteiger partial charge in [-0.2, -0.15) is 0 Å². The van der Waals surface area contributed by atoms with Crippen LogP contribution < -0.4 is 4.90 Å². The third-order valence-corrected chi connectivity index (χ3v) is 10.7. The lowest BCUT2D eigenvalue weighted by Crippen LogP contribution is -2.16. The van der Waals surface area contributed by atoms with Crippen LogP contribution in [0.15, 0.2) is 174 Å². The summed E-state index contributed by atoms with van der Waals surface area (Å²) in [5, 5.41) is 4.91. The van der Waals surface area contributed by atoms with Crippen molar-refractivity contribution in [3.05, 3.63) is 181 Å². The molecule has 3 heteroatoms. The van der Waals surface area contributed by atoms with E-state index in [0.717, 1.165) is 33.7 Å². The second-order valence-electron chi connectivity index (χ2n) is 14.1. The summed E-state index contributed by atoms with van der Waals surface area (Å²) in [5.74, 6) is 0.624. The second-order valence-corrected chi connectivity index (χ2v) is 14.1. The number of fused-ring (bicyclic) bond motifs is 6. The second kappa shape index (κ2) is 11.3. The average Bonchev–Trinajstić information content (AvgIpc) is 3.71. The Morgan fingerprint density at radius 3 is 1.84 bits per heavy atom. The van der Waals surface area contributed by atoms with E-state index in [1.165, 1.54) is 54.9 Å². The van der Waals surface area contributed by atoms with Gasteiger partial charge in [0.25, 0.3) is 0 Å². The number of nitrogens with zero attached hydrogens (tertiary/aromatic N) is 2. The van der Waals surface area contributed by atoms with Gasteiger partial charge in [-0.05, 0) is 128 Å². The first kappa shape index (κ1) is 29.5. The smallest absolute Gasteiger partial charge is 0.227 e. The fourth-order valence-corrected chi connectivity index (χ4v) is 7.95. The number of hydrogen-bond donors (Lipinski definition) is 0. The molecule has 0 atom stereocenters. The Bertz CT molecular complexity index is 2760. The molecule has 0 radical (unpaired) electrons. The van der Waals surface area contributed by atoms with Crippen LogP contribution in [0.25, 0.3) is 66.4 Å². The van der Waals surface area contributed by atoms with Gasteiger partial charge >= 0.3 is 0 Å². The van der Waals surface area contributed by atoms with Gasteiger partial charge in [-0.3, -0.25) is 0 Å². The molecule has 1 aromatic heterocycles. The number of rotatable bonds is 5. The molecule has 0 aliphatic heterocycles. The van der Waals surface area contributed by atoms with Crippen LogP contribution in [0.4, 0.5) is 17.1 Å². The van der Waals surface area contributed by atoms with E-state index in [1.54, 1.807) is 0 Å². The highest BCUT2D eigenvalue weighted by Crippen LogP contribution is 2.50. The molecule has 8 aromatic carbocycles. The lowest BCUT2D eigenvalue weighted by molar-refractivity contribution is 0.620. The van der Waals surface area contributed by atoms with Crippen LogP contribution in [0.2, 0.25) is 0 Å². The predicted octanol–water partition coefficient (Wildman–Crippen LogP) is 13.2. The summed E-state index contributed by atoms with van der Waals surface area (Å²) >= 11 is 0. The maximum Gasteiger partial charge on any atom is 0.227 e. The highest BCUT2D eigenvalue weighted by Gasteiger charge is 2.35. The molecule has 0 N–H and O–H groups in total. The van der Waals surface area contributed by atoms with E-state index >= 15 is 0 Å². The Morgan fingerprint density at radius 1 is 0.451 bits per heavy atom. The molecule has 0 spiro atoms. The van der Waals surface area contributed by atoms with Crippen LogP contribution in [0, 0.1) is 0 Å². The van der Waals surface area contributed by atoms with E-state index in [2.05, 4.69) is 164 Å². The molecular weight excluding hydrogens is 621 g/mol. The first-order valence-corrected chi connectivity index (χ1v) is 17.5. The van der Waals surface area contributed by atoms with Crippen molar-refractivity contribution in [1.29, 1.82) is 0 Å². The van der Waals surface area contributed by atoms with Gasteiger partial charge in [0, 0.05) is 28.0 Å². The van der Waals surface area contributed by atoms with Crippen LogP contribution >= 0.6 is 0 Å². The fourth-order valence-electron chi connectivity index (χ4n) is 7.95. The van der Waals surface area contributed by atoms with Gasteiger partial charge in [0.1, 0.15) is 5.52 Å². The quantitative estimate of drug-likeness (QED) is 0.185. The number of para-hydroxylation sites is 2. The zero-order chi connectivity index (χ0) is 34.1. The van der Waals surface area contributed by atoms with Gasteiger partial charge in [0.15, 0.2) is 5.58 Å². The number of aromatic nitrogens is 1. The predicted molar refractivity (Wildman–Crippen MR) is 212 cm³/mol. The van der Waals surface area contributed by atoms with Crippen LogP contribution in [0.1, 0.15) is 25.0 Å². The molecule has 242 valence electrons. The Kier molecular flexibility index (Phi) is 6.53. The van der Waals surface area contributed by atoms with Crippen LogP contribution in [-0.4, -0.2) is 4.98 Å². The van der Waals surface area contributed by atoms with Crippen molar-refractivity contribution in [2.24, 2.45) is 0 Å². The van der Waals surface area contributed by atoms with Crippen molar-refractivity contribution < 1.29 is 4.42 Å². The lowest BCUT2D eigenvalue weighted by atomic mass is 9.82. The van der Waals surface area contributed by atoms with Crippen molar-refractivity contribution in [3.8, 4) is 33.7 Å². The van der Waals surface area contributed by atoms with E-state index in [4.69, 9.17) is 9.40 Å². The summed E-state index contributed by atoms with van der Waals surface area (Å²) in [6, 6.07) is 61.1. The normalized spacial score (nSPS) is 13.1. The van der Waals surface area contributed by atoms with Crippen molar-refractivity contribution in [1.82, 2.24) is 4.98 Å². The third kappa shape index (κ3) is 4.85. The van der Waals surface area contributed by atoms with E-state index in [0.29, 0.717) is 5.89 Å². The molecular formula is C48H34N2O. The number of oxazole rings is 1. The minimum atomic E-state index is -0.104. The monoisotopic (exact) mass is 654 g/mol. The first-order valence-electron chi connectivity index (χ1n) is 17.5. The molecule has 0 saturated heterocycles. The summed E-state index contributed by atoms with van der Waals surface area (Å²) in [6.45, 7) is 4.67. The van der Waals surface area contributed by atoms with Gasteiger partial charge in [-0.25, -0.2) is 4.98 Å². The molecule has 0 bridgehead atoms. The Hall–Kier alpha value is -6.45. The largest absolute Gasteiger partial charge is 0.436 e. The fraction of sp³-hybridized carbons (Fsp3) is 0.0625. The standard InChI is InChI=1S/C48H34N2O/c1-48(2)43-12-6-5-11-41(43)42-26-25-40(30-44(42)48)50(38-22-19-32(20-23-38)47-49-45-13-7-8-14-46(45)51-47)39-24-21-36-28-35(17-18-37(36)29-39)34-16-15-31-9-3-4-10-33(31)27-34/h3-30H,1-2H3. The molecule has 1 aliphatic rings. The topological polar surface area (TPSA) is 29.3 Å². The lowest BCUT2D eigenvalue weighted by Gasteiger charge is -2.28. The Morgan fingerprint density at radius 2 is 1.02 bits per heavy atom. The number of anilines is 3. The minimum absolute atomic E-state index is 0.104. The molecule has 3 nitrogen and oxygen atoms in total. The highest BCUT2D eigenvalue weighted by molar-refractivity contribution is 5.94. The van der Waals surface area contributed by atoms with Crippen molar-refractivity contribution >= 4 is 49.7 Å². The molecule has 0 saturated carbocycles. The summed E-state index contributed by atoms with van der Waals surface area (Å²) in [4.78, 5) is 7.11. The van der Waals surface area contributed by atoms with E-state index in [9.17, 15) is 0 Å². The molecule has 1 heterocycles.